The van der Waals surface area contributed by atoms with Crippen molar-refractivity contribution in [1.29, 1.82) is 0 Å². The van der Waals surface area contributed by atoms with E-state index in [1.54, 1.807) is 0 Å². The molecule has 0 atom stereocenters. The smallest absolute Gasteiger partial charge is 0.125 e. The number of nitrogens with two attached hydrogens (primary N) is 1. The van der Waals surface area contributed by atoms with Gasteiger partial charge < -0.3 is 10.2 Å². The Bertz CT molecular complexity index is 331. The van der Waals surface area contributed by atoms with Gasteiger partial charge in [0, 0.05) is 5.41 Å². The second-order valence-corrected chi connectivity index (χ2v) is 4.46. The highest BCUT2D eigenvalue weighted by atomic mass is 16.3. The summed E-state index contributed by atoms with van der Waals surface area (Å²) >= 11 is 0. The van der Waals surface area contributed by atoms with Crippen LogP contribution in [0.1, 0.15) is 32.3 Å². The summed E-state index contributed by atoms with van der Waals surface area (Å²) in [4.78, 5) is 4.28. The number of amidine groups is 1. The van der Waals surface area contributed by atoms with Crippen molar-refractivity contribution in [3.8, 4) is 0 Å². The van der Waals surface area contributed by atoms with E-state index in [-0.39, 0.29) is 5.41 Å². The first-order valence-electron chi connectivity index (χ1n) is 4.75. The third-order valence-electron chi connectivity index (χ3n) is 1.97. The summed E-state index contributed by atoms with van der Waals surface area (Å²) in [5.41, 5.74) is 5.75. The topological polar surface area (TPSA) is 51.5 Å². The molecule has 0 aromatic carbocycles. The summed E-state index contributed by atoms with van der Waals surface area (Å²) in [5, 5.41) is 0. The van der Waals surface area contributed by atoms with Gasteiger partial charge in [-0.05, 0) is 19.1 Å². The van der Waals surface area contributed by atoms with E-state index in [0.717, 1.165) is 11.5 Å². The summed E-state index contributed by atoms with van der Waals surface area (Å²) in [5.74, 6) is 2.42. The van der Waals surface area contributed by atoms with E-state index in [9.17, 15) is 0 Å². The molecule has 0 fully saturated rings. The Kier molecular flexibility index (Phi) is 2.99. The fraction of sp³-hybridized carbons (Fsp3) is 0.545. The van der Waals surface area contributed by atoms with Crippen LogP contribution >= 0.6 is 0 Å². The van der Waals surface area contributed by atoms with Gasteiger partial charge in [0.2, 0.25) is 0 Å². The molecule has 2 N–H and O–H groups in total. The highest BCUT2D eigenvalue weighted by Gasteiger charge is 2.14. The van der Waals surface area contributed by atoms with E-state index in [1.165, 1.54) is 0 Å². The van der Waals surface area contributed by atoms with E-state index < -0.39 is 0 Å². The molecule has 1 aromatic rings. The molecule has 78 valence electrons. The molecule has 1 heterocycles. The van der Waals surface area contributed by atoms with Gasteiger partial charge in [-0.25, -0.2) is 0 Å². The molecule has 14 heavy (non-hydrogen) atoms. The minimum absolute atomic E-state index is 0.0678. The number of rotatable bonds is 2. The molecular formula is C11H18N2O. The maximum absolute atomic E-state index is 5.81. The molecule has 0 aliphatic heterocycles. The van der Waals surface area contributed by atoms with Crippen molar-refractivity contribution in [1.82, 2.24) is 0 Å². The van der Waals surface area contributed by atoms with Crippen LogP contribution in [-0.4, -0.2) is 5.84 Å². The first kappa shape index (κ1) is 10.8. The van der Waals surface area contributed by atoms with Gasteiger partial charge in [-0.15, -0.1) is 0 Å². The van der Waals surface area contributed by atoms with Gasteiger partial charge >= 0.3 is 0 Å². The second-order valence-electron chi connectivity index (χ2n) is 4.46. The van der Waals surface area contributed by atoms with Crippen LogP contribution in [0.4, 0.5) is 0 Å². The van der Waals surface area contributed by atoms with Gasteiger partial charge in [-0.2, -0.15) is 0 Å². The van der Waals surface area contributed by atoms with Gasteiger partial charge in [0.25, 0.3) is 0 Å². The molecule has 0 spiro atoms. The SMILES string of the molecule is Cc1ccc(CN=C(N)C(C)(C)C)o1. The molecule has 0 amide bonds. The minimum Gasteiger partial charge on any atom is -0.464 e. The molecule has 0 saturated heterocycles. The Labute approximate surface area is 85.0 Å². The second kappa shape index (κ2) is 3.86. The van der Waals surface area contributed by atoms with Crippen LogP contribution in [0.2, 0.25) is 0 Å². The summed E-state index contributed by atoms with van der Waals surface area (Å²) in [6, 6.07) is 3.85. The zero-order valence-corrected chi connectivity index (χ0v) is 9.29. The van der Waals surface area contributed by atoms with Crippen molar-refractivity contribution >= 4 is 5.84 Å². The monoisotopic (exact) mass is 194 g/mol. The standard InChI is InChI=1S/C11H18N2O/c1-8-5-6-9(14-8)7-13-10(12)11(2,3)4/h5-6H,7H2,1-4H3,(H2,12,13). The first-order chi connectivity index (χ1) is 6.39. The lowest BCUT2D eigenvalue weighted by molar-refractivity contribution is 0.484. The summed E-state index contributed by atoms with van der Waals surface area (Å²) in [7, 11) is 0. The third-order valence-corrected chi connectivity index (χ3v) is 1.97. The lowest BCUT2D eigenvalue weighted by atomic mass is 9.95. The van der Waals surface area contributed by atoms with Crippen LogP contribution in [0.3, 0.4) is 0 Å². The average molecular weight is 194 g/mol. The van der Waals surface area contributed by atoms with Crippen molar-refractivity contribution in [2.75, 3.05) is 0 Å². The predicted octanol–water partition coefficient (Wildman–Crippen LogP) is 2.49. The van der Waals surface area contributed by atoms with E-state index in [2.05, 4.69) is 4.99 Å². The molecule has 3 nitrogen and oxygen atoms in total. The Hall–Kier alpha value is -1.25. The summed E-state index contributed by atoms with van der Waals surface area (Å²) in [6.45, 7) is 8.56. The van der Waals surface area contributed by atoms with E-state index >= 15 is 0 Å². The lowest BCUT2D eigenvalue weighted by Gasteiger charge is -2.16. The molecular weight excluding hydrogens is 176 g/mol. The Morgan fingerprint density at radius 2 is 2.07 bits per heavy atom. The highest BCUT2D eigenvalue weighted by Crippen LogP contribution is 2.14. The maximum atomic E-state index is 5.81. The van der Waals surface area contributed by atoms with E-state index in [0.29, 0.717) is 12.4 Å². The molecule has 0 bridgehead atoms. The van der Waals surface area contributed by atoms with Gasteiger partial charge in [0.1, 0.15) is 11.5 Å². The number of furan rings is 1. The van der Waals surface area contributed by atoms with Crippen LogP contribution in [0, 0.1) is 12.3 Å². The number of hydrogen-bond acceptors (Lipinski definition) is 2. The van der Waals surface area contributed by atoms with Gasteiger partial charge in [-0.3, -0.25) is 4.99 Å². The van der Waals surface area contributed by atoms with Crippen molar-refractivity contribution in [2.45, 2.75) is 34.2 Å². The Morgan fingerprint density at radius 3 is 2.50 bits per heavy atom. The average Bonchev–Trinajstić information content (AvgIpc) is 2.45. The molecule has 0 saturated carbocycles. The van der Waals surface area contributed by atoms with Crippen LogP contribution in [-0.2, 0) is 6.54 Å². The molecule has 3 heteroatoms. The molecule has 0 unspecified atom stereocenters. The molecule has 0 radical (unpaired) electrons. The number of aliphatic imine (C=N–C) groups is 1. The van der Waals surface area contributed by atoms with Crippen LogP contribution in [0.15, 0.2) is 21.5 Å². The highest BCUT2D eigenvalue weighted by molar-refractivity contribution is 5.85. The Balaban J connectivity index is 2.64. The predicted molar refractivity (Wildman–Crippen MR) is 58.2 cm³/mol. The van der Waals surface area contributed by atoms with Crippen molar-refractivity contribution in [2.24, 2.45) is 16.1 Å². The minimum atomic E-state index is -0.0678. The van der Waals surface area contributed by atoms with Crippen molar-refractivity contribution in [3.63, 3.8) is 0 Å². The summed E-state index contributed by atoms with van der Waals surface area (Å²) < 4.78 is 5.38. The number of aryl methyl sites for hydroxylation is 1. The zero-order valence-electron chi connectivity index (χ0n) is 9.29. The number of nitrogens with zero attached hydrogens (tertiary/aromatic N) is 1. The lowest BCUT2D eigenvalue weighted by Crippen LogP contribution is -2.28. The van der Waals surface area contributed by atoms with Gasteiger partial charge in [0.05, 0.1) is 12.4 Å². The maximum Gasteiger partial charge on any atom is 0.125 e. The molecule has 0 aliphatic carbocycles. The van der Waals surface area contributed by atoms with Crippen molar-refractivity contribution in [3.05, 3.63) is 23.7 Å². The van der Waals surface area contributed by atoms with Crippen molar-refractivity contribution < 1.29 is 4.42 Å². The van der Waals surface area contributed by atoms with Crippen LogP contribution < -0.4 is 5.73 Å². The van der Waals surface area contributed by atoms with Crippen LogP contribution in [0.25, 0.3) is 0 Å². The summed E-state index contributed by atoms with van der Waals surface area (Å²) in [6.07, 6.45) is 0. The fourth-order valence-electron chi connectivity index (χ4n) is 0.970. The van der Waals surface area contributed by atoms with Gasteiger partial charge in [-0.1, -0.05) is 20.8 Å². The quantitative estimate of drug-likeness (QED) is 0.581. The van der Waals surface area contributed by atoms with Gasteiger partial charge in [0.15, 0.2) is 0 Å². The fourth-order valence-corrected chi connectivity index (χ4v) is 0.970. The molecule has 1 aromatic heterocycles. The largest absolute Gasteiger partial charge is 0.464 e. The van der Waals surface area contributed by atoms with E-state index in [4.69, 9.17) is 10.2 Å². The molecule has 0 aliphatic rings. The first-order valence-corrected chi connectivity index (χ1v) is 4.75. The Morgan fingerprint density at radius 1 is 1.43 bits per heavy atom. The molecule has 1 rings (SSSR count). The number of hydrogen-bond donors (Lipinski definition) is 1. The third kappa shape index (κ3) is 2.91. The van der Waals surface area contributed by atoms with E-state index in [1.807, 2.05) is 39.8 Å². The zero-order chi connectivity index (χ0) is 10.8. The normalized spacial score (nSPS) is 13.3. The van der Waals surface area contributed by atoms with Crippen LogP contribution in [0.5, 0.6) is 0 Å².